The molecule has 1 heterocycles. The zero-order chi connectivity index (χ0) is 24.9. The van der Waals surface area contributed by atoms with Crippen LogP contribution in [0.3, 0.4) is 0 Å². The molecule has 6 heteroatoms. The summed E-state index contributed by atoms with van der Waals surface area (Å²) >= 11 is 0. The number of likely N-dealkylation sites (tertiary alicyclic amines) is 1. The molecular weight excluding hydrogens is 440 g/mol. The number of aryl methyl sites for hydroxylation is 1. The fourth-order valence-electron chi connectivity index (χ4n) is 5.09. The highest BCUT2D eigenvalue weighted by Crippen LogP contribution is 2.50. The fourth-order valence-corrected chi connectivity index (χ4v) is 5.09. The quantitative estimate of drug-likeness (QED) is 0.549. The van der Waals surface area contributed by atoms with Gasteiger partial charge in [0.25, 0.3) is 0 Å². The van der Waals surface area contributed by atoms with Gasteiger partial charge in [-0.3, -0.25) is 14.4 Å². The van der Waals surface area contributed by atoms with Crippen LogP contribution in [0, 0.1) is 12.8 Å². The third-order valence-electron chi connectivity index (χ3n) is 6.69. The van der Waals surface area contributed by atoms with E-state index in [1.807, 2.05) is 91.9 Å². The summed E-state index contributed by atoms with van der Waals surface area (Å²) in [6, 6.07) is 25.2. The average Bonchev–Trinajstić information content (AvgIpc) is 3.25. The van der Waals surface area contributed by atoms with Crippen LogP contribution in [0.1, 0.15) is 41.1 Å². The predicted octanol–water partition coefficient (Wildman–Crippen LogP) is 4.16. The molecule has 0 aliphatic carbocycles. The number of nitrogens with zero attached hydrogens (tertiary/aromatic N) is 1. The van der Waals surface area contributed by atoms with Crippen LogP contribution >= 0.6 is 0 Å². The second kappa shape index (κ2) is 10.6. The number of benzene rings is 3. The summed E-state index contributed by atoms with van der Waals surface area (Å²) in [6.07, 6.45) is 0. The summed E-state index contributed by atoms with van der Waals surface area (Å²) in [5, 5.41) is 3.01. The smallest absolute Gasteiger partial charge is 0.311 e. The molecule has 180 valence electrons. The lowest BCUT2D eigenvalue weighted by molar-refractivity contribution is -0.147. The standard InChI is InChI=1S/C29H30N2O4/c1-19-14-16-21(17-15-19)18-30-28(33)27-24(22-10-6-4-7-11-22)25(29(34)35-3)26(31(27)20(2)32)23-12-8-5-9-13-23/h4-17,24-27H,18H2,1-3H3,(H,30,33). The van der Waals surface area contributed by atoms with Crippen LogP contribution < -0.4 is 5.32 Å². The van der Waals surface area contributed by atoms with E-state index in [0.29, 0.717) is 6.54 Å². The van der Waals surface area contributed by atoms with Gasteiger partial charge in [-0.05, 0) is 23.6 Å². The third kappa shape index (κ3) is 4.97. The second-order valence-corrected chi connectivity index (χ2v) is 8.92. The molecule has 0 spiro atoms. The Kier molecular flexibility index (Phi) is 7.30. The van der Waals surface area contributed by atoms with Crippen molar-refractivity contribution in [2.24, 2.45) is 5.92 Å². The number of carbonyl (C=O) groups excluding carboxylic acids is 3. The summed E-state index contributed by atoms with van der Waals surface area (Å²) in [5.41, 5.74) is 3.68. The minimum absolute atomic E-state index is 0.276. The highest BCUT2D eigenvalue weighted by atomic mass is 16.5. The van der Waals surface area contributed by atoms with Crippen molar-refractivity contribution in [3.8, 4) is 0 Å². The minimum Gasteiger partial charge on any atom is -0.469 e. The van der Waals surface area contributed by atoms with Crippen molar-refractivity contribution in [2.45, 2.75) is 38.4 Å². The van der Waals surface area contributed by atoms with Crippen molar-refractivity contribution in [3.05, 3.63) is 107 Å². The van der Waals surface area contributed by atoms with E-state index in [0.717, 1.165) is 22.3 Å². The topological polar surface area (TPSA) is 75.7 Å². The van der Waals surface area contributed by atoms with Crippen molar-refractivity contribution in [3.63, 3.8) is 0 Å². The van der Waals surface area contributed by atoms with Crippen LogP contribution in [-0.4, -0.2) is 35.8 Å². The molecule has 1 aliphatic rings. The van der Waals surface area contributed by atoms with Gasteiger partial charge < -0.3 is 15.0 Å². The molecule has 1 saturated heterocycles. The highest BCUT2D eigenvalue weighted by molar-refractivity contribution is 5.92. The molecular formula is C29H30N2O4. The van der Waals surface area contributed by atoms with Crippen molar-refractivity contribution in [1.82, 2.24) is 10.2 Å². The van der Waals surface area contributed by atoms with E-state index in [1.54, 1.807) is 4.90 Å². The average molecular weight is 471 g/mol. The Balaban J connectivity index is 1.79. The number of methoxy groups -OCH3 is 1. The van der Waals surface area contributed by atoms with Gasteiger partial charge in [0.1, 0.15) is 6.04 Å². The molecule has 4 atom stereocenters. The van der Waals surface area contributed by atoms with Crippen molar-refractivity contribution >= 4 is 17.8 Å². The van der Waals surface area contributed by atoms with Crippen molar-refractivity contribution in [1.29, 1.82) is 0 Å². The number of carbonyl (C=O) groups is 3. The maximum atomic E-state index is 13.8. The first-order valence-corrected chi connectivity index (χ1v) is 11.7. The molecule has 4 unspecified atom stereocenters. The highest BCUT2D eigenvalue weighted by Gasteiger charge is 2.57. The van der Waals surface area contributed by atoms with Gasteiger partial charge in [-0.1, -0.05) is 90.5 Å². The molecule has 0 radical (unpaired) electrons. The Hall–Kier alpha value is -3.93. The zero-order valence-electron chi connectivity index (χ0n) is 20.2. The first-order chi connectivity index (χ1) is 16.9. The first-order valence-electron chi connectivity index (χ1n) is 11.7. The number of hydrogen-bond acceptors (Lipinski definition) is 4. The van der Waals surface area contributed by atoms with Gasteiger partial charge >= 0.3 is 5.97 Å². The second-order valence-electron chi connectivity index (χ2n) is 8.92. The van der Waals surface area contributed by atoms with E-state index >= 15 is 0 Å². The van der Waals surface area contributed by atoms with Crippen LogP contribution in [0.4, 0.5) is 0 Å². The zero-order valence-corrected chi connectivity index (χ0v) is 20.2. The number of ether oxygens (including phenoxy) is 1. The minimum atomic E-state index is -0.880. The monoisotopic (exact) mass is 470 g/mol. The van der Waals surface area contributed by atoms with Gasteiger partial charge in [-0.15, -0.1) is 0 Å². The molecule has 6 nitrogen and oxygen atoms in total. The lowest BCUT2D eigenvalue weighted by Gasteiger charge is -2.30. The van der Waals surface area contributed by atoms with Gasteiger partial charge in [0.2, 0.25) is 11.8 Å². The summed E-state index contributed by atoms with van der Waals surface area (Å²) in [4.78, 5) is 41.6. The van der Waals surface area contributed by atoms with Gasteiger partial charge in [0.05, 0.1) is 19.1 Å². The van der Waals surface area contributed by atoms with Gasteiger partial charge in [-0.25, -0.2) is 0 Å². The Morgan fingerprint density at radius 3 is 1.97 bits per heavy atom. The Morgan fingerprint density at radius 2 is 1.43 bits per heavy atom. The molecule has 1 aliphatic heterocycles. The SMILES string of the molecule is COC(=O)C1C(c2ccccc2)C(C(=O)NCc2ccc(C)cc2)N(C(C)=O)C1c1ccccc1. The molecule has 35 heavy (non-hydrogen) atoms. The van der Waals surface area contributed by atoms with Crippen LogP contribution in [0.15, 0.2) is 84.9 Å². The van der Waals surface area contributed by atoms with E-state index in [2.05, 4.69) is 5.32 Å². The molecule has 3 aromatic carbocycles. The molecule has 0 saturated carbocycles. The summed E-state index contributed by atoms with van der Waals surface area (Å²) in [5.74, 6) is -2.35. The number of nitrogens with one attached hydrogen (secondary N) is 1. The summed E-state index contributed by atoms with van der Waals surface area (Å²) in [6.45, 7) is 3.77. The van der Waals surface area contributed by atoms with Crippen LogP contribution in [0.2, 0.25) is 0 Å². The lowest BCUT2D eigenvalue weighted by atomic mass is 9.80. The van der Waals surface area contributed by atoms with Crippen LogP contribution in [0.5, 0.6) is 0 Å². The van der Waals surface area contributed by atoms with Crippen LogP contribution in [0.25, 0.3) is 0 Å². The number of amides is 2. The molecule has 3 aromatic rings. The molecule has 1 fully saturated rings. The lowest BCUT2D eigenvalue weighted by Crippen LogP contribution is -2.47. The summed E-state index contributed by atoms with van der Waals surface area (Å²) in [7, 11) is 1.34. The summed E-state index contributed by atoms with van der Waals surface area (Å²) < 4.78 is 5.23. The maximum Gasteiger partial charge on any atom is 0.311 e. The molecule has 4 rings (SSSR count). The largest absolute Gasteiger partial charge is 0.469 e. The van der Waals surface area contributed by atoms with Crippen LogP contribution in [-0.2, 0) is 25.7 Å². The maximum absolute atomic E-state index is 13.8. The van der Waals surface area contributed by atoms with Gasteiger partial charge in [-0.2, -0.15) is 0 Å². The Labute approximate surface area is 205 Å². The number of esters is 1. The number of hydrogen-bond donors (Lipinski definition) is 1. The molecule has 2 amide bonds. The van der Waals surface area contributed by atoms with E-state index < -0.39 is 29.9 Å². The number of rotatable bonds is 6. The van der Waals surface area contributed by atoms with Crippen molar-refractivity contribution in [2.75, 3.05) is 7.11 Å². The van der Waals surface area contributed by atoms with Gasteiger partial charge in [0, 0.05) is 19.4 Å². The first kappa shape index (κ1) is 24.2. The molecule has 0 aromatic heterocycles. The van der Waals surface area contributed by atoms with Gasteiger partial charge in [0.15, 0.2) is 0 Å². The normalized spacial score (nSPS) is 21.4. The Bertz CT molecular complexity index is 1180. The van der Waals surface area contributed by atoms with Crippen molar-refractivity contribution < 1.29 is 19.1 Å². The van der Waals surface area contributed by atoms with E-state index in [-0.39, 0.29) is 11.8 Å². The van der Waals surface area contributed by atoms with E-state index in [1.165, 1.54) is 14.0 Å². The van der Waals surface area contributed by atoms with E-state index in [4.69, 9.17) is 4.74 Å². The third-order valence-corrected chi connectivity index (χ3v) is 6.69. The fraction of sp³-hybridized carbons (Fsp3) is 0.276. The molecule has 0 bridgehead atoms. The Morgan fingerprint density at radius 1 is 0.857 bits per heavy atom. The predicted molar refractivity (Wildman–Crippen MR) is 133 cm³/mol. The van der Waals surface area contributed by atoms with E-state index in [9.17, 15) is 14.4 Å². The molecule has 1 N–H and O–H groups in total.